The van der Waals surface area contributed by atoms with E-state index < -0.39 is 0 Å². The second kappa shape index (κ2) is 10.2. The number of halogens is 1. The normalized spacial score (nSPS) is 20.7. The van der Waals surface area contributed by atoms with Crippen LogP contribution in [0.2, 0.25) is 5.02 Å². The van der Waals surface area contributed by atoms with Gasteiger partial charge in [-0.1, -0.05) is 48.3 Å². The first-order chi connectivity index (χ1) is 15.7. The third kappa shape index (κ3) is 4.86. The summed E-state index contributed by atoms with van der Waals surface area (Å²) in [6, 6.07) is 14.8. The molecule has 0 bridgehead atoms. The van der Waals surface area contributed by atoms with Crippen LogP contribution in [0.4, 0.5) is 11.4 Å². The number of anilines is 2. The predicted octanol–water partition coefficient (Wildman–Crippen LogP) is 6.20. The van der Waals surface area contributed by atoms with Gasteiger partial charge in [-0.3, -0.25) is 14.6 Å². The molecule has 3 heterocycles. The molecule has 3 aliphatic rings. The van der Waals surface area contributed by atoms with Crippen LogP contribution in [0.15, 0.2) is 52.3 Å². The Morgan fingerprint density at radius 2 is 1.81 bits per heavy atom. The van der Waals surface area contributed by atoms with E-state index in [9.17, 15) is 4.79 Å². The number of piperazine rings is 1. The summed E-state index contributed by atoms with van der Waals surface area (Å²) in [4.78, 5) is 22.7. The van der Waals surface area contributed by atoms with Crippen LogP contribution in [0.3, 0.4) is 0 Å². The molecule has 1 atom stereocenters. The van der Waals surface area contributed by atoms with Gasteiger partial charge in [0.15, 0.2) is 0 Å². The van der Waals surface area contributed by atoms with E-state index in [-0.39, 0.29) is 5.91 Å². The topological polar surface area (TPSA) is 26.8 Å². The molecule has 2 fully saturated rings. The van der Waals surface area contributed by atoms with Gasteiger partial charge in [0, 0.05) is 46.9 Å². The number of nitrogens with zero attached hydrogens (tertiary/aromatic N) is 3. The van der Waals surface area contributed by atoms with Crippen LogP contribution in [-0.4, -0.2) is 54.5 Å². The first kappa shape index (κ1) is 22.3. The Morgan fingerprint density at radius 3 is 2.75 bits per heavy atom. The van der Waals surface area contributed by atoms with Gasteiger partial charge in [-0.25, -0.2) is 0 Å². The number of rotatable bonds is 7. The number of unbranched alkanes of at least 4 members (excludes halogenated alkanes) is 3. The quantitative estimate of drug-likeness (QED) is 0.451. The Kier molecular flexibility index (Phi) is 7.08. The molecule has 0 N–H and O–H groups in total. The van der Waals surface area contributed by atoms with Crippen LogP contribution in [0.5, 0.6) is 0 Å². The Hall–Kier alpha value is -1.53. The zero-order valence-electron chi connectivity index (χ0n) is 18.6. The van der Waals surface area contributed by atoms with Crippen molar-refractivity contribution in [2.75, 3.05) is 37.6 Å². The number of para-hydroxylation sites is 1. The van der Waals surface area contributed by atoms with Gasteiger partial charge in [-0.2, -0.15) is 0 Å². The van der Waals surface area contributed by atoms with E-state index in [1.807, 2.05) is 41.3 Å². The van der Waals surface area contributed by atoms with Gasteiger partial charge in [0.2, 0.25) is 5.91 Å². The number of hydrogen-bond donors (Lipinski definition) is 0. The van der Waals surface area contributed by atoms with E-state index in [0.717, 1.165) is 40.0 Å². The third-order valence-electron chi connectivity index (χ3n) is 7.02. The van der Waals surface area contributed by atoms with Crippen molar-refractivity contribution in [1.82, 2.24) is 9.80 Å². The summed E-state index contributed by atoms with van der Waals surface area (Å²) in [6.45, 7) is 6.25. The molecule has 4 nitrogen and oxygen atoms in total. The zero-order valence-corrected chi connectivity index (χ0v) is 20.2. The Labute approximate surface area is 200 Å². The Bertz CT molecular complexity index is 968. The summed E-state index contributed by atoms with van der Waals surface area (Å²) in [5.74, 6) is 0.165. The van der Waals surface area contributed by atoms with Crippen molar-refractivity contribution in [3.05, 3.63) is 47.5 Å². The third-order valence-corrected chi connectivity index (χ3v) is 8.39. The lowest BCUT2D eigenvalue weighted by Gasteiger charge is -2.37. The number of fused-ring (bicyclic) bond motifs is 3. The molecule has 0 aliphatic carbocycles. The van der Waals surface area contributed by atoms with Crippen molar-refractivity contribution < 1.29 is 4.79 Å². The van der Waals surface area contributed by atoms with Crippen LogP contribution in [0, 0.1) is 0 Å². The standard InChI is InChI=1S/C26H32ClN3OS/c27-20-12-13-25-23(18-20)30(22-9-4-5-10-24(22)32-25)26(31)11-3-1-2-6-14-28-16-17-29-15-7-8-21(29)19-28/h4-5,9-10,12-13,18,21H,1-3,6-8,11,14-17,19H2/t21-/m0/s1. The van der Waals surface area contributed by atoms with Gasteiger partial charge < -0.3 is 4.90 Å². The highest BCUT2D eigenvalue weighted by atomic mass is 35.5. The van der Waals surface area contributed by atoms with Gasteiger partial charge in [0.25, 0.3) is 0 Å². The summed E-state index contributed by atoms with van der Waals surface area (Å²) in [7, 11) is 0. The average Bonchev–Trinajstić information content (AvgIpc) is 3.27. The van der Waals surface area contributed by atoms with E-state index in [1.165, 1.54) is 58.4 Å². The molecule has 3 aliphatic heterocycles. The van der Waals surface area contributed by atoms with Crippen molar-refractivity contribution in [3.8, 4) is 0 Å². The summed E-state index contributed by atoms with van der Waals surface area (Å²) in [5, 5.41) is 0.667. The van der Waals surface area contributed by atoms with Crippen molar-refractivity contribution in [2.24, 2.45) is 0 Å². The second-order valence-electron chi connectivity index (χ2n) is 9.21. The van der Waals surface area contributed by atoms with Crippen LogP contribution >= 0.6 is 23.4 Å². The lowest BCUT2D eigenvalue weighted by Crippen LogP contribution is -2.50. The largest absolute Gasteiger partial charge is 0.301 e. The summed E-state index contributed by atoms with van der Waals surface area (Å²) >= 11 is 7.98. The van der Waals surface area contributed by atoms with E-state index in [1.54, 1.807) is 11.8 Å². The maximum Gasteiger partial charge on any atom is 0.231 e. The molecule has 2 aromatic rings. The van der Waals surface area contributed by atoms with Crippen LogP contribution < -0.4 is 4.90 Å². The van der Waals surface area contributed by atoms with Gasteiger partial charge in [0.1, 0.15) is 0 Å². The number of amides is 1. The second-order valence-corrected chi connectivity index (χ2v) is 10.7. The summed E-state index contributed by atoms with van der Waals surface area (Å²) in [6.07, 6.45) is 7.83. The minimum absolute atomic E-state index is 0.165. The number of carbonyl (C=O) groups excluding carboxylic acids is 1. The van der Waals surface area contributed by atoms with Crippen molar-refractivity contribution in [3.63, 3.8) is 0 Å². The fourth-order valence-corrected chi connectivity index (χ4v) is 6.54. The highest BCUT2D eigenvalue weighted by molar-refractivity contribution is 7.99. The molecular formula is C26H32ClN3OS. The predicted molar refractivity (Wildman–Crippen MR) is 133 cm³/mol. The monoisotopic (exact) mass is 469 g/mol. The molecule has 2 saturated heterocycles. The smallest absolute Gasteiger partial charge is 0.231 e. The highest BCUT2D eigenvalue weighted by Crippen LogP contribution is 2.49. The Balaban J connectivity index is 1.11. The average molecular weight is 470 g/mol. The fraction of sp³-hybridized carbons (Fsp3) is 0.500. The van der Waals surface area contributed by atoms with E-state index in [4.69, 9.17) is 11.6 Å². The molecule has 1 amide bonds. The Morgan fingerprint density at radius 1 is 0.969 bits per heavy atom. The minimum atomic E-state index is 0.165. The lowest BCUT2D eigenvalue weighted by atomic mass is 10.1. The SMILES string of the molecule is O=C(CCCCCCN1CCN2CCC[C@H]2C1)N1c2ccccc2Sc2ccc(Cl)cc21. The van der Waals surface area contributed by atoms with E-state index >= 15 is 0 Å². The van der Waals surface area contributed by atoms with Crippen LogP contribution in [-0.2, 0) is 4.79 Å². The molecule has 0 unspecified atom stereocenters. The fourth-order valence-electron chi connectivity index (χ4n) is 5.33. The van der Waals surface area contributed by atoms with Crippen molar-refractivity contribution >= 4 is 40.6 Å². The first-order valence-electron chi connectivity index (χ1n) is 12.0. The number of benzene rings is 2. The number of carbonyl (C=O) groups is 1. The molecule has 170 valence electrons. The molecule has 5 rings (SSSR count). The first-order valence-corrected chi connectivity index (χ1v) is 13.2. The number of hydrogen-bond acceptors (Lipinski definition) is 4. The molecule has 0 radical (unpaired) electrons. The molecule has 32 heavy (non-hydrogen) atoms. The molecule has 0 spiro atoms. The molecule has 6 heteroatoms. The van der Waals surface area contributed by atoms with Gasteiger partial charge in [-0.15, -0.1) is 0 Å². The van der Waals surface area contributed by atoms with Gasteiger partial charge in [0.05, 0.1) is 11.4 Å². The van der Waals surface area contributed by atoms with E-state index in [0.29, 0.717) is 11.4 Å². The maximum absolute atomic E-state index is 13.3. The van der Waals surface area contributed by atoms with E-state index in [2.05, 4.69) is 15.9 Å². The van der Waals surface area contributed by atoms with Crippen LogP contribution in [0.25, 0.3) is 0 Å². The zero-order chi connectivity index (χ0) is 21.9. The summed E-state index contributed by atoms with van der Waals surface area (Å²) < 4.78 is 0. The van der Waals surface area contributed by atoms with Crippen LogP contribution in [0.1, 0.15) is 44.9 Å². The van der Waals surface area contributed by atoms with Gasteiger partial charge in [-0.05, 0) is 69.1 Å². The molecule has 0 aromatic heterocycles. The van der Waals surface area contributed by atoms with Gasteiger partial charge >= 0.3 is 0 Å². The highest BCUT2D eigenvalue weighted by Gasteiger charge is 2.30. The maximum atomic E-state index is 13.3. The molecular weight excluding hydrogens is 438 g/mol. The minimum Gasteiger partial charge on any atom is -0.301 e. The lowest BCUT2D eigenvalue weighted by molar-refractivity contribution is -0.118. The van der Waals surface area contributed by atoms with Crippen molar-refractivity contribution in [2.45, 2.75) is 60.8 Å². The molecule has 2 aromatic carbocycles. The molecule has 0 saturated carbocycles. The summed E-state index contributed by atoms with van der Waals surface area (Å²) in [5.41, 5.74) is 1.89. The van der Waals surface area contributed by atoms with Crippen molar-refractivity contribution in [1.29, 1.82) is 0 Å².